The zero-order chi connectivity index (χ0) is 31.2. The summed E-state index contributed by atoms with van der Waals surface area (Å²) >= 11 is 21.0. The number of phenols is 1. The fraction of sp³-hybridized carbons (Fsp3) is 0.345. The molecule has 43 heavy (non-hydrogen) atoms. The van der Waals surface area contributed by atoms with Gasteiger partial charge in [0.05, 0.1) is 35.7 Å². The van der Waals surface area contributed by atoms with E-state index in [2.05, 4.69) is 31.9 Å². The molecule has 0 aromatic heterocycles. The van der Waals surface area contributed by atoms with E-state index in [0.29, 0.717) is 10.0 Å². The van der Waals surface area contributed by atoms with Gasteiger partial charge >= 0.3 is 5.97 Å². The number of ether oxygens (including phenoxy) is 1. The van der Waals surface area contributed by atoms with Crippen molar-refractivity contribution in [2.75, 3.05) is 17.5 Å². The molecule has 0 radical (unpaired) electrons. The van der Waals surface area contributed by atoms with Gasteiger partial charge in [0.2, 0.25) is 11.8 Å². The van der Waals surface area contributed by atoms with Crippen LogP contribution in [-0.4, -0.2) is 67.0 Å². The van der Waals surface area contributed by atoms with Crippen LogP contribution >= 0.6 is 55.1 Å². The number of alkyl halides is 3. The number of fused-ring (bicyclic) bond motifs is 4. The SMILES string of the molecule is COc1cc(Br)cc([C@H]2C3=CC[C@@H]4C(=O)N(c5cccc(C(=O)O)c5)C(=O)[C@@H]4[C@@H]3C[C@@]3(Cl)C(=O)N(CBr)C(=O)[C@@]23Cl)c1O. The summed E-state index contributed by atoms with van der Waals surface area (Å²) in [7, 11) is 1.36. The van der Waals surface area contributed by atoms with Gasteiger partial charge in [0.25, 0.3) is 11.8 Å². The Morgan fingerprint density at radius 3 is 2.47 bits per heavy atom. The van der Waals surface area contributed by atoms with Crippen LogP contribution in [0.1, 0.15) is 34.7 Å². The Morgan fingerprint density at radius 1 is 1.09 bits per heavy atom. The molecular weight excluding hydrogens is 735 g/mol. The second kappa shape index (κ2) is 10.3. The maximum absolute atomic E-state index is 14.1. The molecule has 10 nitrogen and oxygen atoms in total. The van der Waals surface area contributed by atoms with E-state index in [4.69, 9.17) is 27.9 Å². The molecule has 3 fully saturated rings. The Bertz CT molecular complexity index is 1680. The number of methoxy groups -OCH3 is 1. The van der Waals surface area contributed by atoms with Crippen LogP contribution in [0.15, 0.2) is 52.5 Å². The van der Waals surface area contributed by atoms with Crippen molar-refractivity contribution >= 4 is 90.3 Å². The van der Waals surface area contributed by atoms with Crippen LogP contribution in [0.3, 0.4) is 0 Å². The highest BCUT2D eigenvalue weighted by atomic mass is 79.9. The number of anilines is 1. The zero-order valence-corrected chi connectivity index (χ0v) is 26.9. The molecule has 2 heterocycles. The van der Waals surface area contributed by atoms with Crippen LogP contribution < -0.4 is 9.64 Å². The molecule has 0 spiro atoms. The predicted octanol–water partition coefficient (Wildman–Crippen LogP) is 4.78. The third-order valence-electron chi connectivity index (χ3n) is 8.97. The van der Waals surface area contributed by atoms with Gasteiger partial charge in [0.1, 0.15) is 0 Å². The smallest absolute Gasteiger partial charge is 0.335 e. The van der Waals surface area contributed by atoms with Crippen molar-refractivity contribution in [3.8, 4) is 11.5 Å². The number of aromatic carboxylic acids is 1. The summed E-state index contributed by atoms with van der Waals surface area (Å²) in [6.07, 6.45) is 1.61. The number of carboxylic acid groups (broad SMARTS) is 1. The zero-order valence-electron chi connectivity index (χ0n) is 22.2. The Balaban J connectivity index is 1.54. The molecule has 6 atom stereocenters. The van der Waals surface area contributed by atoms with Gasteiger partial charge in [-0.1, -0.05) is 49.6 Å². The van der Waals surface area contributed by atoms with Gasteiger partial charge in [0, 0.05) is 16.0 Å². The topological polar surface area (TPSA) is 142 Å². The first-order valence-corrected chi connectivity index (χ1v) is 15.8. The molecule has 0 bridgehead atoms. The fourth-order valence-electron chi connectivity index (χ4n) is 7.10. The summed E-state index contributed by atoms with van der Waals surface area (Å²) in [5, 5.41) is 20.8. The normalized spacial score (nSPS) is 31.5. The standard InChI is InChI=1S/C29H22Br2Cl2N2O8/c1-43-19-9-13(31)8-17(22(19)36)21-15-5-6-16-20(18(15)10-28(32)26(41)34(11-30)27(42)29(21,28)33)24(38)35(23(16)37)14-4-2-3-12(7-14)25(39)40/h2-5,7-9,16,18,20-21,36H,6,10-11H2,1H3,(H,39,40)/t16-,18+,20-,21+,28+,29-/m0/s1. The predicted molar refractivity (Wildman–Crippen MR) is 162 cm³/mol. The number of amides is 4. The Morgan fingerprint density at radius 2 is 1.81 bits per heavy atom. The largest absolute Gasteiger partial charge is 0.504 e. The molecule has 6 rings (SSSR count). The first-order chi connectivity index (χ1) is 20.3. The van der Waals surface area contributed by atoms with E-state index in [1.54, 1.807) is 12.1 Å². The fourth-order valence-corrected chi connectivity index (χ4v) is 8.97. The third kappa shape index (κ3) is 3.99. The highest BCUT2D eigenvalue weighted by Crippen LogP contribution is 2.66. The summed E-state index contributed by atoms with van der Waals surface area (Å²) in [4.78, 5) is 64.8. The van der Waals surface area contributed by atoms with Gasteiger partial charge in [-0.25, -0.2) is 4.79 Å². The molecule has 4 aliphatic rings. The number of halogens is 4. The average Bonchev–Trinajstić information content (AvgIpc) is 3.31. The maximum atomic E-state index is 14.1. The van der Waals surface area contributed by atoms with Crippen LogP contribution in [0.5, 0.6) is 11.5 Å². The number of carboxylic acids is 1. The minimum absolute atomic E-state index is 0.0759. The number of aromatic hydroxyl groups is 1. The lowest BCUT2D eigenvalue weighted by molar-refractivity contribution is -0.138. The number of hydrogen-bond donors (Lipinski definition) is 2. The van der Waals surface area contributed by atoms with Crippen molar-refractivity contribution in [3.05, 3.63) is 63.6 Å². The monoisotopic (exact) mass is 754 g/mol. The number of phenolic OH excluding ortho intramolecular Hbond substituents is 1. The van der Waals surface area contributed by atoms with Crippen molar-refractivity contribution in [2.45, 2.75) is 28.5 Å². The molecule has 224 valence electrons. The number of likely N-dealkylation sites (tertiary alicyclic amines) is 1. The van der Waals surface area contributed by atoms with Gasteiger partial charge in [-0.3, -0.25) is 29.0 Å². The molecule has 2 aromatic carbocycles. The number of benzene rings is 2. The molecule has 1 saturated carbocycles. The van der Waals surface area contributed by atoms with E-state index in [0.717, 1.165) is 9.80 Å². The summed E-state index contributed by atoms with van der Waals surface area (Å²) in [5.41, 5.74) is 0.469. The van der Waals surface area contributed by atoms with E-state index < -0.39 is 63.0 Å². The number of rotatable bonds is 5. The highest BCUT2D eigenvalue weighted by molar-refractivity contribution is 9.10. The minimum atomic E-state index is -2.10. The first-order valence-electron chi connectivity index (χ1n) is 13.1. The molecule has 0 unspecified atom stereocenters. The number of imide groups is 2. The second-order valence-corrected chi connectivity index (χ2v) is 13.6. The highest BCUT2D eigenvalue weighted by Gasteiger charge is 2.76. The molecular formula is C29H22Br2Cl2N2O8. The first kappa shape index (κ1) is 30.1. The number of carbonyl (C=O) groups is 5. The lowest BCUT2D eigenvalue weighted by Gasteiger charge is -2.50. The van der Waals surface area contributed by atoms with Gasteiger partial charge in [-0.05, 0) is 49.1 Å². The van der Waals surface area contributed by atoms with Crippen molar-refractivity contribution < 1.29 is 38.9 Å². The molecule has 2 aromatic rings. The van der Waals surface area contributed by atoms with E-state index in [1.807, 2.05) is 0 Å². The van der Waals surface area contributed by atoms with Crippen LogP contribution in [0.25, 0.3) is 0 Å². The third-order valence-corrected chi connectivity index (χ3v) is 11.3. The van der Waals surface area contributed by atoms with E-state index >= 15 is 0 Å². The van der Waals surface area contributed by atoms with Crippen LogP contribution in [-0.2, 0) is 19.2 Å². The maximum Gasteiger partial charge on any atom is 0.335 e. The molecule has 2 aliphatic carbocycles. The van der Waals surface area contributed by atoms with Crippen LogP contribution in [0.2, 0.25) is 0 Å². The minimum Gasteiger partial charge on any atom is -0.504 e. The van der Waals surface area contributed by atoms with E-state index in [9.17, 15) is 34.2 Å². The lowest BCUT2D eigenvalue weighted by atomic mass is 9.56. The van der Waals surface area contributed by atoms with Crippen molar-refractivity contribution in [1.29, 1.82) is 0 Å². The number of nitrogens with zero attached hydrogens (tertiary/aromatic N) is 2. The Labute approximate surface area is 271 Å². The van der Waals surface area contributed by atoms with Gasteiger partial charge in [0.15, 0.2) is 21.2 Å². The van der Waals surface area contributed by atoms with Gasteiger partial charge in [-0.2, -0.15) is 0 Å². The summed E-state index contributed by atoms with van der Waals surface area (Å²) < 4.78 is 5.84. The van der Waals surface area contributed by atoms with Crippen molar-refractivity contribution in [1.82, 2.24) is 4.90 Å². The summed E-state index contributed by atoms with van der Waals surface area (Å²) in [6.45, 7) is 0. The summed E-state index contributed by atoms with van der Waals surface area (Å²) in [6, 6.07) is 8.59. The molecule has 2 aliphatic heterocycles. The Kier molecular flexibility index (Phi) is 7.23. The Hall–Kier alpha value is -2.93. The molecule has 2 saturated heterocycles. The number of allylic oxidation sites excluding steroid dienone is 2. The second-order valence-electron chi connectivity index (χ2n) is 10.9. The molecule has 2 N–H and O–H groups in total. The molecule has 4 amide bonds. The van der Waals surface area contributed by atoms with Gasteiger partial charge < -0.3 is 14.9 Å². The molecule has 14 heteroatoms. The van der Waals surface area contributed by atoms with Crippen molar-refractivity contribution in [2.24, 2.45) is 17.8 Å². The number of carbonyl (C=O) groups excluding carboxylic acids is 4. The van der Waals surface area contributed by atoms with Gasteiger partial charge in [-0.15, -0.1) is 23.2 Å². The average molecular weight is 757 g/mol. The number of hydrogen-bond acceptors (Lipinski definition) is 7. The van der Waals surface area contributed by atoms with Crippen LogP contribution in [0.4, 0.5) is 5.69 Å². The quantitative estimate of drug-likeness (QED) is 0.192. The van der Waals surface area contributed by atoms with E-state index in [1.165, 1.54) is 37.4 Å². The lowest BCUT2D eigenvalue weighted by Crippen LogP contribution is -2.60. The summed E-state index contributed by atoms with van der Waals surface area (Å²) in [5.74, 6) is -7.93. The van der Waals surface area contributed by atoms with Crippen molar-refractivity contribution in [3.63, 3.8) is 0 Å². The van der Waals surface area contributed by atoms with Crippen LogP contribution in [0, 0.1) is 17.8 Å². The van der Waals surface area contributed by atoms with E-state index in [-0.39, 0.29) is 46.6 Å².